The molecule has 0 saturated carbocycles. The predicted molar refractivity (Wildman–Crippen MR) is 24.2 cm³/mol. The summed E-state index contributed by atoms with van der Waals surface area (Å²) in [7, 11) is 0. The van der Waals surface area contributed by atoms with E-state index in [2.05, 4.69) is 0 Å². The second-order valence-electron chi connectivity index (χ2n) is 0.853. The van der Waals surface area contributed by atoms with Crippen LogP contribution in [0.4, 0.5) is 0 Å². The highest BCUT2D eigenvalue weighted by molar-refractivity contribution is 6.21. The van der Waals surface area contributed by atoms with Gasteiger partial charge in [-0.3, -0.25) is 9.63 Å². The number of hydrogen-bond acceptors (Lipinski definition) is 2. The molecular weight excluding hydrogens is 115 g/mol. The molecule has 38 valence electrons. The lowest BCUT2D eigenvalue weighted by molar-refractivity contribution is -0.118. The quantitative estimate of drug-likeness (QED) is 0.499. The lowest BCUT2D eigenvalue weighted by Gasteiger charge is -1.82. The minimum Gasteiger partial charge on any atom is -0.273 e. The van der Waals surface area contributed by atoms with Crippen molar-refractivity contribution >= 4 is 17.7 Å². The van der Waals surface area contributed by atoms with Gasteiger partial charge in [0, 0.05) is 11.8 Å². The van der Waals surface area contributed by atoms with Gasteiger partial charge < -0.3 is 0 Å². The zero-order chi connectivity index (χ0) is 5.70. The third-order valence-corrected chi connectivity index (χ3v) is 0.556. The van der Waals surface area contributed by atoms with Crippen LogP contribution in [0.5, 0.6) is 0 Å². The van der Waals surface area contributed by atoms with Gasteiger partial charge in [0.25, 0.3) is 0 Å². The highest BCUT2D eigenvalue weighted by atomic mass is 35.5. The Labute approximate surface area is 46.0 Å². The Balaban J connectivity index is 3.23. The average Bonchev–Trinajstić information content (AvgIpc) is 1.68. The van der Waals surface area contributed by atoms with Crippen molar-refractivity contribution in [2.75, 3.05) is 0 Å². The standard InChI is InChI=1S/C3H3ClN2O/c4-6-3(7)1-2-5/h1H2,(H,6,7). The molecule has 0 radical (unpaired) electrons. The number of nitrogens with one attached hydrogen (secondary N) is 1. The fourth-order valence-corrected chi connectivity index (χ4v) is 0.172. The molecule has 0 heterocycles. The summed E-state index contributed by atoms with van der Waals surface area (Å²) in [6, 6.07) is 1.62. The van der Waals surface area contributed by atoms with E-state index in [-0.39, 0.29) is 6.42 Å². The summed E-state index contributed by atoms with van der Waals surface area (Å²) in [6.45, 7) is 0. The first-order valence-electron chi connectivity index (χ1n) is 1.57. The van der Waals surface area contributed by atoms with Crippen LogP contribution in [0.1, 0.15) is 6.42 Å². The zero-order valence-corrected chi connectivity index (χ0v) is 4.20. The van der Waals surface area contributed by atoms with Crippen molar-refractivity contribution in [1.82, 2.24) is 4.84 Å². The minimum absolute atomic E-state index is 0.177. The number of hydrogen-bond donors (Lipinski definition) is 1. The van der Waals surface area contributed by atoms with Crippen molar-refractivity contribution in [3.8, 4) is 6.07 Å². The molecule has 1 amide bonds. The van der Waals surface area contributed by atoms with Gasteiger partial charge in [0.05, 0.1) is 6.07 Å². The first-order chi connectivity index (χ1) is 3.31. The van der Waals surface area contributed by atoms with Gasteiger partial charge in [0.1, 0.15) is 6.42 Å². The van der Waals surface area contributed by atoms with E-state index in [1.54, 1.807) is 10.9 Å². The lowest BCUT2D eigenvalue weighted by atomic mass is 10.5. The summed E-state index contributed by atoms with van der Waals surface area (Å²) in [4.78, 5) is 11.7. The van der Waals surface area contributed by atoms with Crippen LogP contribution in [0, 0.1) is 11.3 Å². The second-order valence-corrected chi connectivity index (χ2v) is 1.04. The van der Waals surface area contributed by atoms with Gasteiger partial charge in [-0.15, -0.1) is 0 Å². The molecule has 0 rings (SSSR count). The number of rotatable bonds is 1. The monoisotopic (exact) mass is 118 g/mol. The molecule has 0 aliphatic carbocycles. The highest BCUT2D eigenvalue weighted by Crippen LogP contribution is 1.73. The number of amides is 1. The Kier molecular flexibility index (Phi) is 3.07. The van der Waals surface area contributed by atoms with Crippen molar-refractivity contribution in [2.45, 2.75) is 6.42 Å². The molecule has 3 nitrogen and oxygen atoms in total. The van der Waals surface area contributed by atoms with E-state index >= 15 is 0 Å². The van der Waals surface area contributed by atoms with Crippen LogP contribution in [0.2, 0.25) is 0 Å². The largest absolute Gasteiger partial charge is 0.273 e. The van der Waals surface area contributed by atoms with Crippen molar-refractivity contribution in [1.29, 1.82) is 5.26 Å². The molecule has 1 N–H and O–H groups in total. The van der Waals surface area contributed by atoms with Crippen LogP contribution in [-0.2, 0) is 4.79 Å². The van der Waals surface area contributed by atoms with E-state index in [0.29, 0.717) is 0 Å². The van der Waals surface area contributed by atoms with Crippen LogP contribution < -0.4 is 4.84 Å². The second kappa shape index (κ2) is 3.44. The summed E-state index contributed by atoms with van der Waals surface area (Å²) in [5.41, 5.74) is 0. The van der Waals surface area contributed by atoms with E-state index < -0.39 is 5.91 Å². The van der Waals surface area contributed by atoms with Gasteiger partial charge in [-0.05, 0) is 0 Å². The van der Waals surface area contributed by atoms with E-state index in [1.807, 2.05) is 0 Å². The van der Waals surface area contributed by atoms with Crippen LogP contribution in [0.25, 0.3) is 0 Å². The van der Waals surface area contributed by atoms with E-state index in [4.69, 9.17) is 17.0 Å². The van der Waals surface area contributed by atoms with Gasteiger partial charge in [0.2, 0.25) is 5.91 Å². The first kappa shape index (κ1) is 6.25. The molecule has 0 aromatic rings. The van der Waals surface area contributed by atoms with Crippen molar-refractivity contribution < 1.29 is 4.79 Å². The van der Waals surface area contributed by atoms with Crippen molar-refractivity contribution in [3.05, 3.63) is 0 Å². The van der Waals surface area contributed by atoms with E-state index in [1.165, 1.54) is 0 Å². The molecule has 4 heteroatoms. The summed E-state index contributed by atoms with van der Waals surface area (Å²) in [5, 5.41) is 7.80. The van der Waals surface area contributed by atoms with Gasteiger partial charge in [-0.2, -0.15) is 5.26 Å². The maximum absolute atomic E-state index is 9.95. The number of nitrogens with zero attached hydrogens (tertiary/aromatic N) is 1. The number of carbonyl (C=O) groups is 1. The topological polar surface area (TPSA) is 52.9 Å². The fraction of sp³-hybridized carbons (Fsp3) is 0.333. The third-order valence-electron chi connectivity index (χ3n) is 0.345. The van der Waals surface area contributed by atoms with Gasteiger partial charge >= 0.3 is 0 Å². The van der Waals surface area contributed by atoms with Gasteiger partial charge in [-0.1, -0.05) is 0 Å². The number of carbonyl (C=O) groups excluding carboxylic acids is 1. The zero-order valence-electron chi connectivity index (χ0n) is 3.44. The number of nitriles is 1. The van der Waals surface area contributed by atoms with Crippen molar-refractivity contribution in [2.24, 2.45) is 0 Å². The molecule has 0 aromatic carbocycles. The maximum atomic E-state index is 9.95. The summed E-state index contributed by atoms with van der Waals surface area (Å²) in [5.74, 6) is -0.468. The predicted octanol–water partition coefficient (Wildman–Crippen LogP) is 0.170. The molecule has 7 heavy (non-hydrogen) atoms. The average molecular weight is 119 g/mol. The summed E-state index contributed by atoms with van der Waals surface area (Å²) >= 11 is 4.78. The molecule has 0 bridgehead atoms. The Bertz CT molecular complexity index is 106. The smallest absolute Gasteiger partial charge is 0.248 e. The molecular formula is C3H3ClN2O. The van der Waals surface area contributed by atoms with Crippen molar-refractivity contribution in [3.63, 3.8) is 0 Å². The van der Waals surface area contributed by atoms with E-state index in [9.17, 15) is 4.79 Å². The summed E-state index contributed by atoms with van der Waals surface area (Å²) in [6.07, 6.45) is -0.177. The molecule has 0 aliphatic heterocycles. The Morgan fingerprint density at radius 1 is 2.00 bits per heavy atom. The molecule has 0 fully saturated rings. The lowest BCUT2D eigenvalue weighted by Crippen LogP contribution is -2.09. The first-order valence-corrected chi connectivity index (χ1v) is 1.95. The van der Waals surface area contributed by atoms with Crippen LogP contribution in [-0.4, -0.2) is 5.91 Å². The molecule has 0 spiro atoms. The molecule has 0 atom stereocenters. The third kappa shape index (κ3) is 3.07. The highest BCUT2D eigenvalue weighted by Gasteiger charge is 1.92. The fourth-order valence-electron chi connectivity index (χ4n) is 0.105. The van der Waals surface area contributed by atoms with Gasteiger partial charge in [-0.25, -0.2) is 0 Å². The molecule has 0 saturated heterocycles. The van der Waals surface area contributed by atoms with Crippen LogP contribution in [0.3, 0.4) is 0 Å². The Hall–Kier alpha value is -0.750. The van der Waals surface area contributed by atoms with Crippen LogP contribution in [0.15, 0.2) is 0 Å². The minimum atomic E-state index is -0.468. The molecule has 0 aromatic heterocycles. The summed E-state index contributed by atoms with van der Waals surface area (Å²) < 4.78 is 0. The normalized spacial score (nSPS) is 6.86. The Morgan fingerprint density at radius 3 is 2.71 bits per heavy atom. The molecule has 0 aliphatic rings. The SMILES string of the molecule is N#CCC(=O)NCl. The van der Waals surface area contributed by atoms with Crippen LogP contribution >= 0.6 is 11.8 Å². The maximum Gasteiger partial charge on any atom is 0.248 e. The molecule has 0 unspecified atom stereocenters. The number of halogens is 1. The Morgan fingerprint density at radius 2 is 2.57 bits per heavy atom. The van der Waals surface area contributed by atoms with Gasteiger partial charge in [0.15, 0.2) is 0 Å². The van der Waals surface area contributed by atoms with E-state index in [0.717, 1.165) is 0 Å².